The summed E-state index contributed by atoms with van der Waals surface area (Å²) in [7, 11) is 0. The molecule has 1 rings (SSSR count). The van der Waals surface area contributed by atoms with Crippen LogP contribution in [0, 0.1) is 13.8 Å². The minimum atomic E-state index is 0. The summed E-state index contributed by atoms with van der Waals surface area (Å²) in [6.07, 6.45) is 0. The summed E-state index contributed by atoms with van der Waals surface area (Å²) >= 11 is 0. The van der Waals surface area contributed by atoms with Crippen LogP contribution in [0.25, 0.3) is 0 Å². The van der Waals surface area contributed by atoms with E-state index < -0.39 is 0 Å². The molecule has 0 amide bonds. The van der Waals surface area contributed by atoms with E-state index in [0.717, 1.165) is 0 Å². The largest absolute Gasteiger partial charge is 0.107 e. The molecule has 1 aromatic rings. The van der Waals surface area contributed by atoms with Crippen molar-refractivity contribution >= 4 is 24.0 Å². The van der Waals surface area contributed by atoms with Crippen LogP contribution in [0.3, 0.4) is 0 Å². The lowest BCUT2D eigenvalue weighted by atomic mass is 10.2. The molecule has 0 heterocycles. The summed E-state index contributed by atoms with van der Waals surface area (Å²) in [6.45, 7) is 8.21. The van der Waals surface area contributed by atoms with Gasteiger partial charge in [-0.25, -0.2) is 0 Å². The van der Waals surface area contributed by atoms with Crippen LogP contribution in [0.2, 0.25) is 0 Å². The molecular formula is C10H17I. The Morgan fingerprint density at radius 3 is 1.45 bits per heavy atom. The van der Waals surface area contributed by atoms with Gasteiger partial charge in [0.1, 0.15) is 0 Å². The van der Waals surface area contributed by atoms with Crippen LogP contribution < -0.4 is 0 Å². The van der Waals surface area contributed by atoms with Crippen molar-refractivity contribution in [2.75, 3.05) is 0 Å². The summed E-state index contributed by atoms with van der Waals surface area (Å²) in [5, 5.41) is 0. The molecule has 0 atom stereocenters. The van der Waals surface area contributed by atoms with Gasteiger partial charge in [0, 0.05) is 0 Å². The molecular weight excluding hydrogens is 247 g/mol. The van der Waals surface area contributed by atoms with Crippen molar-refractivity contribution in [3.8, 4) is 0 Å². The van der Waals surface area contributed by atoms with Gasteiger partial charge >= 0.3 is 0 Å². The Morgan fingerprint density at radius 2 is 1.27 bits per heavy atom. The third kappa shape index (κ3) is 6.35. The molecule has 1 heteroatoms. The first kappa shape index (κ1) is 13.5. The van der Waals surface area contributed by atoms with Crippen molar-refractivity contribution in [1.82, 2.24) is 0 Å². The molecule has 0 aliphatic rings. The van der Waals surface area contributed by atoms with E-state index in [1.54, 1.807) is 0 Å². The van der Waals surface area contributed by atoms with E-state index in [2.05, 4.69) is 38.1 Å². The number of hydrogen-bond acceptors (Lipinski definition) is 0. The van der Waals surface area contributed by atoms with Crippen LogP contribution in [-0.2, 0) is 0 Å². The Labute approximate surface area is 87.0 Å². The lowest BCUT2D eigenvalue weighted by Gasteiger charge is -1.90. The molecule has 0 nitrogen and oxygen atoms in total. The summed E-state index contributed by atoms with van der Waals surface area (Å²) in [5.41, 5.74) is 2.68. The van der Waals surface area contributed by atoms with Crippen molar-refractivity contribution in [2.24, 2.45) is 0 Å². The van der Waals surface area contributed by atoms with Gasteiger partial charge in [-0.1, -0.05) is 49.2 Å². The normalized spacial score (nSPS) is 7.27. The van der Waals surface area contributed by atoms with Crippen molar-refractivity contribution in [3.63, 3.8) is 0 Å². The van der Waals surface area contributed by atoms with Gasteiger partial charge in [0.15, 0.2) is 0 Å². The van der Waals surface area contributed by atoms with Crippen LogP contribution in [0.15, 0.2) is 24.3 Å². The van der Waals surface area contributed by atoms with Crippen LogP contribution >= 0.6 is 24.0 Å². The molecule has 0 saturated heterocycles. The zero-order valence-corrected chi connectivity index (χ0v) is 10.0. The third-order valence-electron chi connectivity index (χ3n) is 1.17. The average molecular weight is 264 g/mol. The summed E-state index contributed by atoms with van der Waals surface area (Å²) in [4.78, 5) is 0. The Morgan fingerprint density at radius 1 is 0.909 bits per heavy atom. The predicted octanol–water partition coefficient (Wildman–Crippen LogP) is 3.95. The number of rotatable bonds is 0. The summed E-state index contributed by atoms with van der Waals surface area (Å²) in [6, 6.07) is 8.45. The molecule has 0 aromatic heterocycles. The van der Waals surface area contributed by atoms with Crippen LogP contribution in [0.5, 0.6) is 0 Å². The molecule has 0 radical (unpaired) electrons. The number of hydrogen-bond donors (Lipinski definition) is 0. The van der Waals surface area contributed by atoms with E-state index in [-0.39, 0.29) is 24.0 Å². The maximum absolute atomic E-state index is 2.17. The molecule has 0 aliphatic heterocycles. The van der Waals surface area contributed by atoms with Crippen LogP contribution in [0.1, 0.15) is 25.0 Å². The maximum Gasteiger partial charge on any atom is -0.0398 e. The second-order valence-electron chi connectivity index (χ2n) is 2.16. The Bertz CT molecular complexity index is 165. The number of halogens is 1. The highest BCUT2D eigenvalue weighted by Crippen LogP contribution is 2.00. The number of aryl methyl sites for hydroxylation is 2. The van der Waals surface area contributed by atoms with Gasteiger partial charge in [-0.05, 0) is 13.8 Å². The highest BCUT2D eigenvalue weighted by Gasteiger charge is 1.80. The SMILES string of the molecule is CC.Cc1cccc(C)c1.I. The van der Waals surface area contributed by atoms with Gasteiger partial charge < -0.3 is 0 Å². The van der Waals surface area contributed by atoms with Gasteiger partial charge in [-0.2, -0.15) is 0 Å². The first-order valence-electron chi connectivity index (χ1n) is 3.82. The van der Waals surface area contributed by atoms with Gasteiger partial charge in [0.25, 0.3) is 0 Å². The van der Waals surface area contributed by atoms with Crippen LogP contribution in [0.4, 0.5) is 0 Å². The molecule has 0 bridgehead atoms. The summed E-state index contributed by atoms with van der Waals surface area (Å²) in [5.74, 6) is 0. The Kier molecular flexibility index (Phi) is 9.90. The average Bonchev–Trinajstić information content (AvgIpc) is 1.91. The van der Waals surface area contributed by atoms with Gasteiger partial charge in [-0.15, -0.1) is 24.0 Å². The zero-order chi connectivity index (χ0) is 7.98. The van der Waals surface area contributed by atoms with E-state index in [1.807, 2.05) is 13.8 Å². The minimum absolute atomic E-state index is 0. The van der Waals surface area contributed by atoms with E-state index >= 15 is 0 Å². The molecule has 0 aliphatic carbocycles. The molecule has 1 aromatic carbocycles. The summed E-state index contributed by atoms with van der Waals surface area (Å²) < 4.78 is 0. The topological polar surface area (TPSA) is 0 Å². The molecule has 0 fully saturated rings. The fraction of sp³-hybridized carbons (Fsp3) is 0.400. The first-order chi connectivity index (χ1) is 4.79. The molecule has 64 valence electrons. The van der Waals surface area contributed by atoms with E-state index in [1.165, 1.54) is 11.1 Å². The second-order valence-corrected chi connectivity index (χ2v) is 2.16. The van der Waals surface area contributed by atoms with E-state index in [0.29, 0.717) is 0 Å². The van der Waals surface area contributed by atoms with Gasteiger partial charge in [0.05, 0.1) is 0 Å². The molecule has 0 unspecified atom stereocenters. The van der Waals surface area contributed by atoms with E-state index in [4.69, 9.17) is 0 Å². The molecule has 0 spiro atoms. The lowest BCUT2D eigenvalue weighted by Crippen LogP contribution is -1.71. The fourth-order valence-electron chi connectivity index (χ4n) is 0.807. The third-order valence-corrected chi connectivity index (χ3v) is 1.17. The fourth-order valence-corrected chi connectivity index (χ4v) is 0.807. The number of benzene rings is 1. The van der Waals surface area contributed by atoms with Crippen molar-refractivity contribution < 1.29 is 0 Å². The zero-order valence-electron chi connectivity index (χ0n) is 7.72. The van der Waals surface area contributed by atoms with Crippen LogP contribution in [-0.4, -0.2) is 0 Å². The van der Waals surface area contributed by atoms with Gasteiger partial charge in [-0.3, -0.25) is 0 Å². The van der Waals surface area contributed by atoms with Gasteiger partial charge in [0.2, 0.25) is 0 Å². The van der Waals surface area contributed by atoms with E-state index in [9.17, 15) is 0 Å². The molecule has 0 N–H and O–H groups in total. The molecule has 0 saturated carbocycles. The monoisotopic (exact) mass is 264 g/mol. The smallest absolute Gasteiger partial charge is 0.0398 e. The Balaban J connectivity index is 0. The van der Waals surface area contributed by atoms with Crippen molar-refractivity contribution in [2.45, 2.75) is 27.7 Å². The first-order valence-corrected chi connectivity index (χ1v) is 3.82. The van der Waals surface area contributed by atoms with Crippen molar-refractivity contribution in [3.05, 3.63) is 35.4 Å². The van der Waals surface area contributed by atoms with Crippen molar-refractivity contribution in [1.29, 1.82) is 0 Å². The lowest BCUT2D eigenvalue weighted by molar-refractivity contribution is 1.39. The highest BCUT2D eigenvalue weighted by atomic mass is 127. The second kappa shape index (κ2) is 8.05. The maximum atomic E-state index is 2.17. The highest BCUT2D eigenvalue weighted by molar-refractivity contribution is 14.0. The Hall–Kier alpha value is -0.0500. The quantitative estimate of drug-likeness (QED) is 0.622. The molecule has 11 heavy (non-hydrogen) atoms. The predicted molar refractivity (Wildman–Crippen MR) is 62.7 cm³/mol. The minimum Gasteiger partial charge on any atom is -0.107 e. The standard InChI is InChI=1S/C8H10.C2H6.HI/c1-7-4-3-5-8(2)6-7;1-2;/h3-6H,1-2H3;1-2H3;1H.